The molecular weight excluding hydrogens is 219 g/mol. The normalized spacial score (nSPS) is 14.6. The van der Waals surface area contributed by atoms with Gasteiger partial charge in [-0.15, -0.1) is 0 Å². The van der Waals surface area contributed by atoms with E-state index in [0.29, 0.717) is 13.0 Å². The van der Waals surface area contributed by atoms with E-state index in [0.717, 1.165) is 12.0 Å². The number of benzene rings is 1. The number of rotatable bonds is 7. The lowest BCUT2D eigenvalue weighted by Crippen LogP contribution is -2.37. The number of halogens is 1. The maximum absolute atomic E-state index is 12.8. The first-order valence-corrected chi connectivity index (χ1v) is 6.03. The molecule has 17 heavy (non-hydrogen) atoms. The van der Waals surface area contributed by atoms with Crippen LogP contribution in [-0.2, 0) is 0 Å². The number of nitrogens with one attached hydrogen (secondary N) is 1. The van der Waals surface area contributed by atoms with E-state index in [1.54, 1.807) is 12.1 Å². The van der Waals surface area contributed by atoms with Gasteiger partial charge in [-0.2, -0.15) is 0 Å². The zero-order valence-electron chi connectivity index (χ0n) is 10.2. The minimum Gasteiger partial charge on any atom is -0.396 e. The summed E-state index contributed by atoms with van der Waals surface area (Å²) >= 11 is 0. The van der Waals surface area contributed by atoms with Crippen LogP contribution in [0.15, 0.2) is 24.3 Å². The van der Waals surface area contributed by atoms with Crippen molar-refractivity contribution in [3.8, 4) is 0 Å². The van der Waals surface area contributed by atoms with Crippen LogP contribution in [0.4, 0.5) is 4.39 Å². The van der Waals surface area contributed by atoms with Crippen LogP contribution >= 0.6 is 0 Å². The summed E-state index contributed by atoms with van der Waals surface area (Å²) in [5.74, 6) is -0.244. The van der Waals surface area contributed by atoms with Crippen molar-refractivity contribution in [1.29, 1.82) is 0 Å². The van der Waals surface area contributed by atoms with E-state index in [-0.39, 0.29) is 24.5 Å². The maximum Gasteiger partial charge on any atom is 0.123 e. The Hall–Kier alpha value is -0.970. The smallest absolute Gasteiger partial charge is 0.123 e. The van der Waals surface area contributed by atoms with E-state index >= 15 is 0 Å². The summed E-state index contributed by atoms with van der Waals surface area (Å²) in [4.78, 5) is 0. The molecule has 0 fully saturated rings. The molecule has 96 valence electrons. The minimum atomic E-state index is -0.244. The number of hydrogen-bond donors (Lipinski definition) is 3. The van der Waals surface area contributed by atoms with E-state index in [2.05, 4.69) is 12.2 Å². The van der Waals surface area contributed by atoms with Crippen molar-refractivity contribution < 1.29 is 9.50 Å². The van der Waals surface area contributed by atoms with Crippen molar-refractivity contribution in [3.05, 3.63) is 35.6 Å². The van der Waals surface area contributed by atoms with E-state index in [9.17, 15) is 4.39 Å². The van der Waals surface area contributed by atoms with E-state index < -0.39 is 0 Å². The molecule has 3 nitrogen and oxygen atoms in total. The summed E-state index contributed by atoms with van der Waals surface area (Å²) in [5.41, 5.74) is 6.70. The van der Waals surface area contributed by atoms with Gasteiger partial charge >= 0.3 is 0 Å². The van der Waals surface area contributed by atoms with Gasteiger partial charge in [-0.1, -0.05) is 19.1 Å². The SMILES string of the molecule is CCC(CCO)NC(CN)c1ccc(F)cc1. The first-order valence-electron chi connectivity index (χ1n) is 6.03. The van der Waals surface area contributed by atoms with E-state index in [1.807, 2.05) is 0 Å². The lowest BCUT2D eigenvalue weighted by Gasteiger charge is -2.24. The summed E-state index contributed by atoms with van der Waals surface area (Å²) < 4.78 is 12.8. The van der Waals surface area contributed by atoms with Gasteiger partial charge in [-0.05, 0) is 30.5 Å². The molecule has 0 aromatic heterocycles. The molecular formula is C13H21FN2O. The Morgan fingerprint density at radius 3 is 2.47 bits per heavy atom. The number of aliphatic hydroxyl groups excluding tert-OH is 1. The molecule has 2 unspecified atom stereocenters. The fraction of sp³-hybridized carbons (Fsp3) is 0.538. The first kappa shape index (κ1) is 14.1. The third kappa shape index (κ3) is 4.42. The molecule has 0 aliphatic rings. The molecule has 0 aliphatic carbocycles. The molecule has 0 heterocycles. The van der Waals surface area contributed by atoms with Crippen molar-refractivity contribution >= 4 is 0 Å². The highest BCUT2D eigenvalue weighted by molar-refractivity contribution is 5.20. The van der Waals surface area contributed by atoms with Crippen LogP contribution in [0.2, 0.25) is 0 Å². The highest BCUT2D eigenvalue weighted by Gasteiger charge is 2.14. The molecule has 0 amide bonds. The van der Waals surface area contributed by atoms with Gasteiger partial charge in [0.25, 0.3) is 0 Å². The van der Waals surface area contributed by atoms with Crippen LogP contribution in [-0.4, -0.2) is 24.3 Å². The average molecular weight is 240 g/mol. The zero-order chi connectivity index (χ0) is 12.7. The Bertz CT molecular complexity index is 316. The molecule has 1 rings (SSSR count). The fourth-order valence-corrected chi connectivity index (χ4v) is 1.84. The Kier molecular flexibility index (Phi) is 6.11. The second kappa shape index (κ2) is 7.37. The monoisotopic (exact) mass is 240 g/mol. The van der Waals surface area contributed by atoms with Gasteiger partial charge in [0.2, 0.25) is 0 Å². The topological polar surface area (TPSA) is 58.3 Å². The van der Waals surface area contributed by atoms with Crippen LogP contribution < -0.4 is 11.1 Å². The van der Waals surface area contributed by atoms with Crippen LogP contribution in [0.3, 0.4) is 0 Å². The van der Waals surface area contributed by atoms with Crippen molar-refractivity contribution in [2.45, 2.75) is 31.8 Å². The highest BCUT2D eigenvalue weighted by atomic mass is 19.1. The summed E-state index contributed by atoms with van der Waals surface area (Å²) in [6, 6.07) is 6.60. The van der Waals surface area contributed by atoms with E-state index in [4.69, 9.17) is 10.8 Å². The van der Waals surface area contributed by atoms with Crippen LogP contribution in [0, 0.1) is 5.82 Å². The van der Waals surface area contributed by atoms with Gasteiger partial charge in [0, 0.05) is 25.2 Å². The summed E-state index contributed by atoms with van der Waals surface area (Å²) in [6.07, 6.45) is 1.63. The molecule has 1 aromatic rings. The third-order valence-corrected chi connectivity index (χ3v) is 2.92. The Morgan fingerprint density at radius 1 is 1.35 bits per heavy atom. The number of aliphatic hydroxyl groups is 1. The largest absolute Gasteiger partial charge is 0.396 e. The van der Waals surface area contributed by atoms with Gasteiger partial charge in [0.1, 0.15) is 5.82 Å². The lowest BCUT2D eigenvalue weighted by atomic mass is 10.0. The highest BCUT2D eigenvalue weighted by Crippen LogP contribution is 2.14. The molecule has 0 radical (unpaired) electrons. The molecule has 0 spiro atoms. The molecule has 0 aliphatic heterocycles. The molecule has 1 aromatic carbocycles. The minimum absolute atomic E-state index is 0.00657. The molecule has 0 saturated heterocycles. The van der Waals surface area contributed by atoms with Gasteiger partial charge in [-0.25, -0.2) is 4.39 Å². The predicted molar refractivity (Wildman–Crippen MR) is 67.1 cm³/mol. The second-order valence-electron chi connectivity index (χ2n) is 4.12. The first-order chi connectivity index (χ1) is 8.21. The average Bonchev–Trinajstić information content (AvgIpc) is 2.36. The quantitative estimate of drug-likeness (QED) is 0.678. The van der Waals surface area contributed by atoms with Crippen LogP contribution in [0.5, 0.6) is 0 Å². The summed E-state index contributed by atoms with van der Waals surface area (Å²) in [5, 5.41) is 12.3. The molecule has 0 bridgehead atoms. The zero-order valence-corrected chi connectivity index (χ0v) is 10.2. The predicted octanol–water partition coefficient (Wildman–Crippen LogP) is 1.58. The molecule has 4 N–H and O–H groups in total. The molecule has 4 heteroatoms. The molecule has 2 atom stereocenters. The lowest BCUT2D eigenvalue weighted by molar-refractivity contribution is 0.256. The van der Waals surface area contributed by atoms with Crippen molar-refractivity contribution in [2.24, 2.45) is 5.73 Å². The fourth-order valence-electron chi connectivity index (χ4n) is 1.84. The Morgan fingerprint density at radius 2 is 2.00 bits per heavy atom. The van der Waals surface area contributed by atoms with E-state index in [1.165, 1.54) is 12.1 Å². The van der Waals surface area contributed by atoms with Crippen molar-refractivity contribution in [2.75, 3.05) is 13.2 Å². The summed E-state index contributed by atoms with van der Waals surface area (Å²) in [6.45, 7) is 2.67. The number of nitrogens with two attached hydrogens (primary N) is 1. The summed E-state index contributed by atoms with van der Waals surface area (Å²) in [7, 11) is 0. The van der Waals surface area contributed by atoms with Gasteiger partial charge < -0.3 is 16.2 Å². The molecule has 0 saturated carbocycles. The Labute approximate surface area is 102 Å². The van der Waals surface area contributed by atoms with Crippen LogP contribution in [0.25, 0.3) is 0 Å². The van der Waals surface area contributed by atoms with Gasteiger partial charge in [0.05, 0.1) is 0 Å². The van der Waals surface area contributed by atoms with Crippen LogP contribution in [0.1, 0.15) is 31.4 Å². The second-order valence-corrected chi connectivity index (χ2v) is 4.12. The number of hydrogen-bond acceptors (Lipinski definition) is 3. The maximum atomic E-state index is 12.8. The van der Waals surface area contributed by atoms with Gasteiger partial charge in [-0.3, -0.25) is 0 Å². The Balaban J connectivity index is 2.67. The third-order valence-electron chi connectivity index (χ3n) is 2.92. The van der Waals surface area contributed by atoms with Crippen molar-refractivity contribution in [3.63, 3.8) is 0 Å². The van der Waals surface area contributed by atoms with Gasteiger partial charge in [0.15, 0.2) is 0 Å². The standard InChI is InChI=1S/C13H21FN2O/c1-2-12(7-8-17)16-13(9-15)10-3-5-11(14)6-4-10/h3-6,12-13,16-17H,2,7-9,15H2,1H3. The van der Waals surface area contributed by atoms with Crippen molar-refractivity contribution in [1.82, 2.24) is 5.32 Å².